The van der Waals surface area contributed by atoms with E-state index in [4.69, 9.17) is 16.3 Å². The number of carbonyl (C=O) groups is 1. The average Bonchev–Trinajstić information content (AvgIpc) is 3.32. The molecular formula is C22H12ClF6N5O3. The summed E-state index contributed by atoms with van der Waals surface area (Å²) in [4.78, 5) is 23.7. The molecule has 192 valence electrons. The number of aromatic amines is 1. The summed E-state index contributed by atoms with van der Waals surface area (Å²) < 4.78 is 84.1. The standard InChI is InChI=1S/C22H12ClF6N5O3/c23-17-8-5-13(10-16(17)21(24,25)26)34(37-19(35)22(27,28)29)20-31-18(32-33-20)12-3-6-14(7-4-12)36-15-2-1-9-30-11-15/h1-11H,(H,31,32,33). The first-order chi connectivity index (χ1) is 17.4. The minimum atomic E-state index is -5.46. The van der Waals surface area contributed by atoms with Gasteiger partial charge in [-0.25, -0.2) is 4.79 Å². The molecule has 1 N–H and O–H groups in total. The zero-order chi connectivity index (χ0) is 26.8. The monoisotopic (exact) mass is 543 g/mol. The second kappa shape index (κ2) is 9.97. The molecule has 2 heterocycles. The van der Waals surface area contributed by atoms with Crippen LogP contribution >= 0.6 is 11.6 Å². The Morgan fingerprint density at radius 1 is 0.973 bits per heavy atom. The molecule has 0 aliphatic rings. The number of anilines is 2. The number of nitrogens with one attached hydrogen (secondary N) is 1. The van der Waals surface area contributed by atoms with Crippen LogP contribution in [0.25, 0.3) is 11.4 Å². The van der Waals surface area contributed by atoms with Crippen molar-refractivity contribution in [3.05, 3.63) is 77.6 Å². The van der Waals surface area contributed by atoms with E-state index >= 15 is 0 Å². The van der Waals surface area contributed by atoms with Crippen LogP contribution in [0.5, 0.6) is 11.5 Å². The van der Waals surface area contributed by atoms with Gasteiger partial charge in [-0.3, -0.25) is 10.1 Å². The zero-order valence-electron chi connectivity index (χ0n) is 18.0. The van der Waals surface area contributed by atoms with E-state index in [1.165, 1.54) is 18.3 Å². The maximum Gasteiger partial charge on any atom is 0.493 e. The van der Waals surface area contributed by atoms with Crippen LogP contribution in [-0.4, -0.2) is 32.3 Å². The lowest BCUT2D eigenvalue weighted by Gasteiger charge is -2.21. The molecule has 0 spiro atoms. The number of alkyl halides is 6. The molecule has 0 amide bonds. The van der Waals surface area contributed by atoms with Gasteiger partial charge in [-0.05, 0) is 54.6 Å². The Balaban J connectivity index is 1.65. The maximum atomic E-state index is 13.3. The normalized spacial score (nSPS) is 11.8. The number of rotatable bonds is 6. The Hall–Kier alpha value is -4.33. The highest BCUT2D eigenvalue weighted by atomic mass is 35.5. The van der Waals surface area contributed by atoms with Crippen LogP contribution in [0.2, 0.25) is 5.02 Å². The van der Waals surface area contributed by atoms with Crippen molar-refractivity contribution >= 4 is 29.2 Å². The Morgan fingerprint density at radius 3 is 2.32 bits per heavy atom. The third kappa shape index (κ3) is 6.09. The fourth-order valence-corrected chi connectivity index (χ4v) is 3.12. The van der Waals surface area contributed by atoms with Crippen LogP contribution in [0, 0.1) is 0 Å². The van der Waals surface area contributed by atoms with E-state index in [1.807, 2.05) is 0 Å². The summed E-state index contributed by atoms with van der Waals surface area (Å²) in [6.07, 6.45) is -7.34. The van der Waals surface area contributed by atoms with Gasteiger partial charge in [-0.15, -0.1) is 10.2 Å². The van der Waals surface area contributed by atoms with Gasteiger partial charge in [-0.1, -0.05) is 11.6 Å². The Labute approximate surface area is 208 Å². The van der Waals surface area contributed by atoms with Crippen LogP contribution in [0.1, 0.15) is 5.56 Å². The van der Waals surface area contributed by atoms with E-state index in [-0.39, 0.29) is 10.9 Å². The van der Waals surface area contributed by atoms with E-state index < -0.39 is 40.5 Å². The second-order valence-electron chi connectivity index (χ2n) is 7.13. The van der Waals surface area contributed by atoms with Crippen molar-refractivity contribution in [1.29, 1.82) is 0 Å². The maximum absolute atomic E-state index is 13.3. The molecule has 2 aromatic heterocycles. The number of hydrogen-bond acceptors (Lipinski definition) is 7. The molecule has 37 heavy (non-hydrogen) atoms. The van der Waals surface area contributed by atoms with Crippen molar-refractivity contribution in [1.82, 2.24) is 20.2 Å². The molecule has 4 rings (SSSR count). The highest BCUT2D eigenvalue weighted by molar-refractivity contribution is 6.31. The number of carbonyl (C=O) groups excluding carboxylic acids is 1. The third-order valence-electron chi connectivity index (χ3n) is 4.55. The number of benzene rings is 2. The molecule has 0 aliphatic heterocycles. The van der Waals surface area contributed by atoms with Gasteiger partial charge in [0.2, 0.25) is 0 Å². The molecule has 0 saturated heterocycles. The number of hydrogen-bond donors (Lipinski definition) is 1. The summed E-state index contributed by atoms with van der Waals surface area (Å²) >= 11 is 5.58. The molecular weight excluding hydrogens is 532 g/mol. The molecule has 0 aliphatic carbocycles. The molecule has 0 radical (unpaired) electrons. The van der Waals surface area contributed by atoms with Crippen LogP contribution < -0.4 is 9.80 Å². The summed E-state index contributed by atoms with van der Waals surface area (Å²) in [7, 11) is 0. The fourth-order valence-electron chi connectivity index (χ4n) is 2.90. The SMILES string of the molecule is O=C(ON(c1ccc(Cl)c(C(F)(F)F)c1)c1n[nH]c(-c2ccc(Oc3cccnc3)cc2)n1)C(F)(F)F. The quantitative estimate of drug-likeness (QED) is 0.219. The van der Waals surface area contributed by atoms with Gasteiger partial charge in [-0.2, -0.15) is 31.3 Å². The first-order valence-electron chi connectivity index (χ1n) is 9.98. The van der Waals surface area contributed by atoms with Crippen LogP contribution in [-0.2, 0) is 15.8 Å². The molecule has 0 atom stereocenters. The van der Waals surface area contributed by atoms with Crippen molar-refractivity contribution in [2.24, 2.45) is 0 Å². The van der Waals surface area contributed by atoms with Gasteiger partial charge in [0, 0.05) is 11.8 Å². The van der Waals surface area contributed by atoms with E-state index in [1.54, 1.807) is 30.5 Å². The van der Waals surface area contributed by atoms with Crippen molar-refractivity contribution in [3.63, 3.8) is 0 Å². The van der Waals surface area contributed by atoms with E-state index in [2.05, 4.69) is 25.0 Å². The number of H-pyrrole nitrogens is 1. The lowest BCUT2D eigenvalue weighted by Crippen LogP contribution is -2.33. The van der Waals surface area contributed by atoms with E-state index in [0.717, 1.165) is 12.1 Å². The lowest BCUT2D eigenvalue weighted by molar-refractivity contribution is -0.200. The molecule has 0 saturated carbocycles. The highest BCUT2D eigenvalue weighted by Gasteiger charge is 2.44. The van der Waals surface area contributed by atoms with Gasteiger partial charge in [0.1, 0.15) is 11.5 Å². The molecule has 15 heteroatoms. The minimum Gasteiger partial charge on any atom is -0.456 e. The summed E-state index contributed by atoms with van der Waals surface area (Å²) in [6, 6.07) is 11.6. The zero-order valence-corrected chi connectivity index (χ0v) is 18.8. The molecule has 4 aromatic rings. The van der Waals surface area contributed by atoms with Crippen molar-refractivity contribution in [2.75, 3.05) is 5.06 Å². The molecule has 0 bridgehead atoms. The second-order valence-corrected chi connectivity index (χ2v) is 7.54. The van der Waals surface area contributed by atoms with Gasteiger partial charge in [0.25, 0.3) is 5.95 Å². The van der Waals surface area contributed by atoms with Gasteiger partial charge < -0.3 is 9.57 Å². The topological polar surface area (TPSA) is 93.2 Å². The highest BCUT2D eigenvalue weighted by Crippen LogP contribution is 2.38. The first kappa shape index (κ1) is 25.8. The minimum absolute atomic E-state index is 0.000920. The van der Waals surface area contributed by atoms with Crippen LogP contribution in [0.4, 0.5) is 38.0 Å². The Morgan fingerprint density at radius 2 is 1.70 bits per heavy atom. The van der Waals surface area contributed by atoms with Crippen molar-refractivity contribution < 1.29 is 40.7 Å². The molecule has 0 unspecified atom stereocenters. The molecule has 2 aromatic carbocycles. The largest absolute Gasteiger partial charge is 0.493 e. The number of ether oxygens (including phenoxy) is 1. The van der Waals surface area contributed by atoms with Crippen molar-refractivity contribution in [3.8, 4) is 22.9 Å². The summed E-state index contributed by atoms with van der Waals surface area (Å²) in [5.74, 6) is -2.49. The number of pyridine rings is 1. The van der Waals surface area contributed by atoms with Gasteiger partial charge in [0.05, 0.1) is 22.5 Å². The predicted octanol–water partition coefficient (Wildman–Crippen LogP) is 6.49. The predicted molar refractivity (Wildman–Crippen MR) is 117 cm³/mol. The Kier molecular flexibility index (Phi) is 6.94. The summed E-state index contributed by atoms with van der Waals surface area (Å²) in [5, 5.41) is 5.53. The van der Waals surface area contributed by atoms with Crippen LogP contribution in [0.3, 0.4) is 0 Å². The number of nitrogens with zero attached hydrogens (tertiary/aromatic N) is 4. The molecule has 8 nitrogen and oxygen atoms in total. The fraction of sp³-hybridized carbons (Fsp3) is 0.0909. The summed E-state index contributed by atoms with van der Waals surface area (Å²) in [5.41, 5.74) is -1.63. The van der Waals surface area contributed by atoms with E-state index in [9.17, 15) is 31.1 Å². The Bertz CT molecular complexity index is 1390. The third-order valence-corrected chi connectivity index (χ3v) is 4.88. The summed E-state index contributed by atoms with van der Waals surface area (Å²) in [6.45, 7) is 0. The van der Waals surface area contributed by atoms with Gasteiger partial charge in [0.15, 0.2) is 5.82 Å². The van der Waals surface area contributed by atoms with E-state index in [0.29, 0.717) is 23.1 Å². The number of halogens is 7. The molecule has 0 fully saturated rings. The smallest absolute Gasteiger partial charge is 0.456 e. The van der Waals surface area contributed by atoms with Crippen molar-refractivity contribution in [2.45, 2.75) is 12.4 Å². The average molecular weight is 544 g/mol. The first-order valence-corrected chi connectivity index (χ1v) is 10.4. The lowest BCUT2D eigenvalue weighted by atomic mass is 10.2. The van der Waals surface area contributed by atoms with Gasteiger partial charge >= 0.3 is 18.3 Å². The number of aromatic nitrogens is 4. The van der Waals surface area contributed by atoms with Crippen LogP contribution in [0.15, 0.2) is 67.0 Å².